The molecule has 0 aliphatic carbocycles. The second-order valence-corrected chi connectivity index (χ2v) is 4.03. The van der Waals surface area contributed by atoms with Crippen molar-refractivity contribution in [2.75, 3.05) is 7.11 Å². The van der Waals surface area contributed by atoms with Gasteiger partial charge in [0.15, 0.2) is 0 Å². The van der Waals surface area contributed by atoms with Crippen molar-refractivity contribution < 1.29 is 19.0 Å². The summed E-state index contributed by atoms with van der Waals surface area (Å²) in [6.07, 6.45) is -0.197. The van der Waals surface area contributed by atoms with E-state index in [1.807, 2.05) is 0 Å². The molecule has 0 aliphatic rings. The van der Waals surface area contributed by atoms with Gasteiger partial charge in [0.25, 0.3) is 0 Å². The molecular formula is C10H12BrClFNO3. The van der Waals surface area contributed by atoms with E-state index < -0.39 is 17.8 Å². The van der Waals surface area contributed by atoms with Gasteiger partial charge in [0.05, 0.1) is 18.0 Å². The number of carbonyl (C=O) groups excluding carboxylic acids is 1. The molecule has 0 fully saturated rings. The van der Waals surface area contributed by atoms with Crippen LogP contribution in [0.25, 0.3) is 0 Å². The summed E-state index contributed by atoms with van der Waals surface area (Å²) in [5.74, 6) is -1.51. The lowest BCUT2D eigenvalue weighted by Crippen LogP contribution is -2.17. The third kappa shape index (κ3) is 3.83. The first-order valence-electron chi connectivity index (χ1n) is 4.46. The van der Waals surface area contributed by atoms with Crippen LogP contribution in [0.1, 0.15) is 18.0 Å². The molecule has 0 amide bonds. The van der Waals surface area contributed by atoms with Gasteiger partial charge in [-0.15, -0.1) is 12.4 Å². The first kappa shape index (κ1) is 16.1. The Morgan fingerprint density at radius 2 is 2.24 bits per heavy atom. The van der Waals surface area contributed by atoms with E-state index in [0.717, 1.165) is 6.07 Å². The topological polar surface area (TPSA) is 72.5 Å². The molecule has 7 heteroatoms. The molecule has 17 heavy (non-hydrogen) atoms. The van der Waals surface area contributed by atoms with Crippen molar-refractivity contribution in [3.05, 3.63) is 28.0 Å². The summed E-state index contributed by atoms with van der Waals surface area (Å²) in [6, 6.07) is 1.58. The highest BCUT2D eigenvalue weighted by Crippen LogP contribution is 2.34. The van der Waals surface area contributed by atoms with Crippen molar-refractivity contribution >= 4 is 34.3 Å². The van der Waals surface area contributed by atoms with Gasteiger partial charge in [0.1, 0.15) is 11.6 Å². The highest BCUT2D eigenvalue weighted by atomic mass is 79.9. The van der Waals surface area contributed by atoms with Crippen molar-refractivity contribution in [3.8, 4) is 5.75 Å². The molecule has 3 N–H and O–H groups in total. The van der Waals surface area contributed by atoms with E-state index in [1.54, 1.807) is 0 Å². The van der Waals surface area contributed by atoms with E-state index in [-0.39, 0.29) is 30.1 Å². The number of hydrogen-bond donors (Lipinski definition) is 2. The molecule has 96 valence electrons. The zero-order valence-electron chi connectivity index (χ0n) is 8.94. The Labute approximate surface area is 112 Å². The van der Waals surface area contributed by atoms with Gasteiger partial charge in [-0.2, -0.15) is 0 Å². The number of ether oxygens (including phenoxy) is 1. The Balaban J connectivity index is 0.00000256. The van der Waals surface area contributed by atoms with Gasteiger partial charge < -0.3 is 15.6 Å². The Hall–Kier alpha value is -0.850. The van der Waals surface area contributed by atoms with Gasteiger partial charge in [-0.25, -0.2) is 4.39 Å². The molecule has 0 aliphatic heterocycles. The standard InChI is InChI=1S/C10H11BrFNO3.ClH/c1-16-8(14)4-7(13)9-6(12)3-2-5(11)10(9)15;/h2-3,7,15H,4,13H2,1H3;1H/t7-;/m0./s1. The second kappa shape index (κ2) is 6.78. The van der Waals surface area contributed by atoms with E-state index in [0.29, 0.717) is 4.47 Å². The van der Waals surface area contributed by atoms with Crippen molar-refractivity contribution in [2.45, 2.75) is 12.5 Å². The van der Waals surface area contributed by atoms with Gasteiger partial charge in [0, 0.05) is 11.6 Å². The fourth-order valence-corrected chi connectivity index (χ4v) is 1.62. The van der Waals surface area contributed by atoms with Crippen LogP contribution >= 0.6 is 28.3 Å². The molecule has 0 unspecified atom stereocenters. The molecule has 0 aromatic heterocycles. The molecule has 0 saturated heterocycles. The lowest BCUT2D eigenvalue weighted by Gasteiger charge is -2.14. The zero-order chi connectivity index (χ0) is 12.3. The molecule has 0 radical (unpaired) electrons. The molecule has 0 saturated carbocycles. The Morgan fingerprint density at radius 3 is 2.76 bits per heavy atom. The van der Waals surface area contributed by atoms with E-state index >= 15 is 0 Å². The number of esters is 1. The molecule has 1 aromatic carbocycles. The number of halogens is 3. The molecule has 0 bridgehead atoms. The maximum Gasteiger partial charge on any atom is 0.307 e. The van der Waals surface area contributed by atoms with Crippen molar-refractivity contribution in [1.29, 1.82) is 0 Å². The number of methoxy groups -OCH3 is 1. The monoisotopic (exact) mass is 327 g/mol. The van der Waals surface area contributed by atoms with Gasteiger partial charge in [-0.3, -0.25) is 4.79 Å². The number of rotatable bonds is 3. The maximum absolute atomic E-state index is 13.4. The average Bonchev–Trinajstić information content (AvgIpc) is 2.24. The molecular weight excluding hydrogens is 316 g/mol. The smallest absolute Gasteiger partial charge is 0.307 e. The first-order chi connectivity index (χ1) is 7.47. The lowest BCUT2D eigenvalue weighted by atomic mass is 10.0. The van der Waals surface area contributed by atoms with Crippen LogP contribution in [0.3, 0.4) is 0 Å². The third-order valence-electron chi connectivity index (χ3n) is 2.10. The van der Waals surface area contributed by atoms with Crippen LogP contribution in [0.5, 0.6) is 5.75 Å². The number of carbonyl (C=O) groups is 1. The van der Waals surface area contributed by atoms with Crippen molar-refractivity contribution in [2.24, 2.45) is 5.73 Å². The molecule has 0 heterocycles. The zero-order valence-corrected chi connectivity index (χ0v) is 11.3. The Bertz CT molecular complexity index is 417. The van der Waals surface area contributed by atoms with Crippen molar-refractivity contribution in [3.63, 3.8) is 0 Å². The number of aromatic hydroxyl groups is 1. The molecule has 0 spiro atoms. The van der Waals surface area contributed by atoms with Gasteiger partial charge in [0.2, 0.25) is 0 Å². The number of benzene rings is 1. The van der Waals surface area contributed by atoms with Crippen LogP contribution in [0.4, 0.5) is 4.39 Å². The molecule has 4 nitrogen and oxygen atoms in total. The summed E-state index contributed by atoms with van der Waals surface area (Å²) >= 11 is 3.04. The van der Waals surface area contributed by atoms with E-state index in [2.05, 4.69) is 20.7 Å². The minimum absolute atomic E-state index is 0. The largest absolute Gasteiger partial charge is 0.506 e. The number of phenols is 1. The predicted octanol–water partition coefficient (Wildman–Crippen LogP) is 2.28. The summed E-state index contributed by atoms with van der Waals surface area (Å²) in [6.45, 7) is 0. The molecule has 1 aromatic rings. The van der Waals surface area contributed by atoms with Crippen LogP contribution < -0.4 is 5.73 Å². The van der Waals surface area contributed by atoms with Crippen LogP contribution in [0.2, 0.25) is 0 Å². The fraction of sp³-hybridized carbons (Fsp3) is 0.300. The van der Waals surface area contributed by atoms with Crippen LogP contribution in [0, 0.1) is 5.82 Å². The Morgan fingerprint density at radius 1 is 1.65 bits per heavy atom. The quantitative estimate of drug-likeness (QED) is 0.835. The number of hydrogen-bond acceptors (Lipinski definition) is 4. The van der Waals surface area contributed by atoms with Crippen molar-refractivity contribution in [1.82, 2.24) is 0 Å². The predicted molar refractivity (Wildman–Crippen MR) is 66.6 cm³/mol. The summed E-state index contributed by atoms with van der Waals surface area (Å²) in [5, 5.41) is 9.62. The van der Waals surface area contributed by atoms with Gasteiger partial charge >= 0.3 is 5.97 Å². The third-order valence-corrected chi connectivity index (χ3v) is 2.74. The second-order valence-electron chi connectivity index (χ2n) is 3.18. The summed E-state index contributed by atoms with van der Waals surface area (Å²) < 4.78 is 18.2. The SMILES string of the molecule is COC(=O)C[C@H](N)c1c(F)ccc(Br)c1O.Cl. The molecule has 1 rings (SSSR count). The fourth-order valence-electron chi connectivity index (χ4n) is 1.27. The van der Waals surface area contributed by atoms with Crippen LogP contribution in [-0.2, 0) is 9.53 Å². The average molecular weight is 329 g/mol. The summed E-state index contributed by atoms with van der Waals surface area (Å²) in [7, 11) is 1.21. The van der Waals surface area contributed by atoms with Crippen LogP contribution in [-0.4, -0.2) is 18.2 Å². The Kier molecular flexibility index (Phi) is 6.44. The summed E-state index contributed by atoms with van der Waals surface area (Å²) in [4.78, 5) is 11.0. The van der Waals surface area contributed by atoms with E-state index in [9.17, 15) is 14.3 Å². The number of phenolic OH excluding ortho intramolecular Hbond substituents is 1. The van der Waals surface area contributed by atoms with Gasteiger partial charge in [-0.1, -0.05) is 0 Å². The van der Waals surface area contributed by atoms with Gasteiger partial charge in [-0.05, 0) is 28.1 Å². The minimum Gasteiger partial charge on any atom is -0.506 e. The number of nitrogens with two attached hydrogens (primary N) is 1. The summed E-state index contributed by atoms with van der Waals surface area (Å²) in [5.41, 5.74) is 5.52. The van der Waals surface area contributed by atoms with E-state index in [1.165, 1.54) is 13.2 Å². The normalized spacial score (nSPS) is 11.5. The lowest BCUT2D eigenvalue weighted by molar-refractivity contribution is -0.141. The van der Waals surface area contributed by atoms with E-state index in [4.69, 9.17) is 5.73 Å². The first-order valence-corrected chi connectivity index (χ1v) is 5.26. The maximum atomic E-state index is 13.4. The molecule has 1 atom stereocenters. The highest BCUT2D eigenvalue weighted by Gasteiger charge is 2.21. The minimum atomic E-state index is -0.940. The van der Waals surface area contributed by atoms with Crippen LogP contribution in [0.15, 0.2) is 16.6 Å². The highest BCUT2D eigenvalue weighted by molar-refractivity contribution is 9.10.